The zero-order chi connectivity index (χ0) is 56.9. The molecule has 3 saturated heterocycles. The molecule has 0 aromatic heterocycles. The Hall–Kier alpha value is -7.33. The molecule has 3 fully saturated rings. The highest BCUT2D eigenvalue weighted by molar-refractivity contribution is 5.98. The second-order valence-electron chi connectivity index (χ2n) is 20.2. The fraction of sp³-hybridized carbons (Fsp3) is 0.592. The number of hydrogen-bond donors (Lipinski definition) is 12. The average molecular weight is 1080 g/mol. The van der Waals surface area contributed by atoms with E-state index in [1.165, 1.54) is 45.9 Å². The van der Waals surface area contributed by atoms with Crippen LogP contribution >= 0.6 is 0 Å². The van der Waals surface area contributed by atoms with Crippen molar-refractivity contribution >= 4 is 47.4 Å². The van der Waals surface area contributed by atoms with Crippen molar-refractivity contribution in [3.63, 3.8) is 0 Å². The van der Waals surface area contributed by atoms with Gasteiger partial charge in [0.25, 0.3) is 0 Å². The van der Waals surface area contributed by atoms with Gasteiger partial charge in [-0.3, -0.25) is 33.6 Å². The van der Waals surface area contributed by atoms with Crippen molar-refractivity contribution < 1.29 is 83.2 Å². The lowest BCUT2D eigenvalue weighted by atomic mass is 9.98. The Morgan fingerprint density at radius 3 is 2.13 bits per heavy atom. The summed E-state index contributed by atoms with van der Waals surface area (Å²) in [5.74, 6) is -8.85. The van der Waals surface area contributed by atoms with E-state index in [9.17, 15) is 69.0 Å². The standard InChI is InChI=1S/C49H69N11O17/c1-24-21-60-40(41(24)67)45(71)52-20-28(62)17-30(54-48(74)77-49(3,4)5)42(68)55-37(25(2)61)46(72)59-22-29(63)18-31(59)43(69)56-38(44(70)57-39(47(60)73)33(65)19-36(50)66)32(64)15-27-11-12-34(35(16-27)75-14-13-53-58-51)76-23-26-9-7-6-8-10-26/h6-12,16,24-25,28-33,37-41,61-65,67H,13-15,17-23H2,1-5H3,(H2,50,66)(H,52,71)(H,54,74)(H,55,68)(H,56,69)(H,57,70)/t24-,25+,28+,29+,30-,31-,32+,33+,37-,38-,39-,40-,41-/m0/s1. The number of alkyl carbamates (subject to hydrolysis) is 1. The molecule has 0 aliphatic carbocycles. The molecule has 13 atom stereocenters. The summed E-state index contributed by atoms with van der Waals surface area (Å²) >= 11 is 0. The summed E-state index contributed by atoms with van der Waals surface area (Å²) in [7, 11) is 0. The molecule has 2 aromatic carbocycles. The van der Waals surface area contributed by atoms with Crippen LogP contribution in [0.15, 0.2) is 53.6 Å². The predicted molar refractivity (Wildman–Crippen MR) is 267 cm³/mol. The fourth-order valence-electron chi connectivity index (χ4n) is 8.94. The lowest BCUT2D eigenvalue weighted by Gasteiger charge is -2.33. The van der Waals surface area contributed by atoms with Gasteiger partial charge in [0.1, 0.15) is 48.5 Å². The van der Waals surface area contributed by atoms with Crippen molar-refractivity contribution in [2.45, 2.75) is 145 Å². The molecule has 2 aromatic rings. The van der Waals surface area contributed by atoms with Crippen LogP contribution in [0, 0.1) is 5.92 Å². The van der Waals surface area contributed by atoms with Crippen molar-refractivity contribution in [3.05, 3.63) is 70.1 Å². The first-order valence-electron chi connectivity index (χ1n) is 24.9. The summed E-state index contributed by atoms with van der Waals surface area (Å²) in [6, 6.07) is 2.08. The number of azide groups is 1. The topological polar surface area (TPSA) is 427 Å². The quantitative estimate of drug-likeness (QED) is 0.0363. The first kappa shape index (κ1) is 60.5. The number of carbonyl (C=O) groups excluding carboxylic acids is 8. The van der Waals surface area contributed by atoms with E-state index in [4.69, 9.17) is 25.5 Å². The van der Waals surface area contributed by atoms with Gasteiger partial charge in [0, 0.05) is 49.7 Å². The molecule has 0 spiro atoms. The maximum Gasteiger partial charge on any atom is 0.408 e. The van der Waals surface area contributed by atoms with Crippen molar-refractivity contribution in [1.29, 1.82) is 0 Å². The van der Waals surface area contributed by atoms with Crippen LogP contribution in [-0.2, 0) is 51.3 Å². The molecule has 28 nitrogen and oxygen atoms in total. The number of nitrogens with zero attached hydrogens (tertiary/aromatic N) is 5. The molecule has 0 unspecified atom stereocenters. The van der Waals surface area contributed by atoms with E-state index >= 15 is 0 Å². The van der Waals surface area contributed by atoms with Gasteiger partial charge >= 0.3 is 6.09 Å². The molecule has 13 N–H and O–H groups in total. The number of ether oxygens (including phenoxy) is 3. The average Bonchev–Trinajstić information content (AvgIpc) is 3.90. The van der Waals surface area contributed by atoms with Crippen molar-refractivity contribution in [1.82, 2.24) is 36.4 Å². The maximum atomic E-state index is 14.7. The van der Waals surface area contributed by atoms with Gasteiger partial charge in [-0.25, -0.2) is 4.79 Å². The molecule has 3 aliphatic heterocycles. The van der Waals surface area contributed by atoms with Gasteiger partial charge in [0.15, 0.2) is 11.5 Å². The molecule has 3 heterocycles. The lowest BCUT2D eigenvalue weighted by molar-refractivity contribution is -0.147. The molecular weight excluding hydrogens is 1010 g/mol. The molecular formula is C49H69N11O17. The van der Waals surface area contributed by atoms with E-state index in [0.29, 0.717) is 0 Å². The number of fused-ring (bicyclic) bond motifs is 2. The highest BCUT2D eigenvalue weighted by Crippen LogP contribution is 2.31. The van der Waals surface area contributed by atoms with Crippen LogP contribution in [0.3, 0.4) is 0 Å². The van der Waals surface area contributed by atoms with E-state index in [0.717, 1.165) is 22.3 Å². The Balaban J connectivity index is 1.59. The van der Waals surface area contributed by atoms with Crippen LogP contribution in [-0.4, -0.2) is 199 Å². The highest BCUT2D eigenvalue weighted by Gasteiger charge is 2.50. The summed E-state index contributed by atoms with van der Waals surface area (Å²) in [6.45, 7) is 5.44. The number of hydrogen-bond acceptors (Lipinski definition) is 18. The molecule has 0 saturated carbocycles. The molecule has 0 bridgehead atoms. The van der Waals surface area contributed by atoms with E-state index in [1.807, 2.05) is 30.3 Å². The highest BCUT2D eigenvalue weighted by atomic mass is 16.6. The Morgan fingerprint density at radius 2 is 1.48 bits per heavy atom. The minimum absolute atomic E-state index is 0.0906. The third-order valence-corrected chi connectivity index (χ3v) is 12.7. The first-order chi connectivity index (χ1) is 36.3. The molecule has 422 valence electrons. The van der Waals surface area contributed by atoms with E-state index in [-0.39, 0.29) is 43.4 Å². The number of nitrogens with two attached hydrogens (primary N) is 1. The number of β-amino-alcohol motifs (C(OH)–C–C–N with tert-alkyl or cyclic N) is 1. The predicted octanol–water partition coefficient (Wildman–Crippen LogP) is -3.13. The summed E-state index contributed by atoms with van der Waals surface area (Å²) in [4.78, 5) is 116. The second kappa shape index (κ2) is 27.1. The zero-order valence-electron chi connectivity index (χ0n) is 43.2. The SMILES string of the molecule is C[C@@H](O)[C@@H]1NC(=O)[C@@H](NC(=O)OC(C)(C)C)C[C@@H](O)CNC(=O)[C@@H]2[C@@H](O)[C@@H](C)CN2C(=O)[C@H]([C@H](O)CC(N)=O)NC(=O)[C@H]([C@H](O)Cc2ccc(OCc3ccccc3)c(OCCN=[N+]=[N-])c2)NC(=O)[C@@H]2C[C@@H](O)CN2C1=O. The van der Waals surface area contributed by atoms with Gasteiger partial charge in [-0.15, -0.1) is 0 Å². The van der Waals surface area contributed by atoms with Crippen LogP contribution in [0.1, 0.15) is 65.0 Å². The Labute approximate surface area is 442 Å². The van der Waals surface area contributed by atoms with E-state index in [2.05, 4.69) is 36.6 Å². The van der Waals surface area contributed by atoms with Gasteiger partial charge in [-0.05, 0) is 56.5 Å². The van der Waals surface area contributed by atoms with Gasteiger partial charge < -0.3 is 87.0 Å². The minimum atomic E-state index is -2.18. The van der Waals surface area contributed by atoms with Crippen LogP contribution < -0.4 is 41.8 Å². The Bertz CT molecular complexity index is 2490. The molecule has 8 amide bonds. The molecule has 3 aliphatic rings. The third kappa shape index (κ3) is 16.8. The number of carbonyl (C=O) groups is 8. The smallest absolute Gasteiger partial charge is 0.408 e. The minimum Gasteiger partial charge on any atom is -0.490 e. The van der Waals surface area contributed by atoms with Crippen molar-refractivity contribution in [2.75, 3.05) is 32.8 Å². The Kier molecular flexibility index (Phi) is 21.3. The number of nitrogens with one attached hydrogen (secondary N) is 5. The number of rotatable bonds is 15. The van der Waals surface area contributed by atoms with Crippen LogP contribution in [0.2, 0.25) is 0 Å². The molecule has 77 heavy (non-hydrogen) atoms. The number of aliphatic hydroxyl groups excluding tert-OH is 6. The summed E-state index contributed by atoms with van der Waals surface area (Å²) in [5, 5.41) is 83.0. The van der Waals surface area contributed by atoms with Gasteiger partial charge in [-0.2, -0.15) is 0 Å². The third-order valence-electron chi connectivity index (χ3n) is 12.7. The van der Waals surface area contributed by atoms with E-state index < -0.39 is 171 Å². The van der Waals surface area contributed by atoms with Gasteiger partial charge in [0.05, 0.1) is 56.2 Å². The summed E-state index contributed by atoms with van der Waals surface area (Å²) in [5.41, 5.74) is 14.2. The zero-order valence-corrected chi connectivity index (χ0v) is 43.2. The van der Waals surface area contributed by atoms with Crippen LogP contribution in [0.25, 0.3) is 10.4 Å². The molecule has 0 radical (unpaired) electrons. The normalized spacial score (nSPS) is 27.2. The number of primary amides is 1. The van der Waals surface area contributed by atoms with Crippen LogP contribution in [0.4, 0.5) is 4.79 Å². The van der Waals surface area contributed by atoms with Crippen molar-refractivity contribution in [2.24, 2.45) is 16.8 Å². The summed E-state index contributed by atoms with van der Waals surface area (Å²) < 4.78 is 17.2. The first-order valence-corrected chi connectivity index (χ1v) is 24.9. The maximum absolute atomic E-state index is 14.7. The number of aliphatic hydroxyl groups is 6. The fourth-order valence-corrected chi connectivity index (χ4v) is 8.94. The van der Waals surface area contributed by atoms with Gasteiger partial charge in [0.2, 0.25) is 41.4 Å². The number of benzene rings is 2. The second-order valence-corrected chi connectivity index (χ2v) is 20.2. The lowest BCUT2D eigenvalue weighted by Crippen LogP contribution is -2.64. The van der Waals surface area contributed by atoms with E-state index in [1.54, 1.807) is 0 Å². The summed E-state index contributed by atoms with van der Waals surface area (Å²) in [6.07, 6.45) is -14.3. The largest absolute Gasteiger partial charge is 0.490 e. The van der Waals surface area contributed by atoms with Crippen LogP contribution in [0.5, 0.6) is 11.5 Å². The number of amides is 8. The monoisotopic (exact) mass is 1080 g/mol. The molecule has 5 rings (SSSR count). The Morgan fingerprint density at radius 1 is 0.818 bits per heavy atom. The molecule has 28 heteroatoms. The van der Waals surface area contributed by atoms with Crippen molar-refractivity contribution in [3.8, 4) is 11.5 Å². The van der Waals surface area contributed by atoms with Gasteiger partial charge in [-0.1, -0.05) is 48.4 Å².